The maximum Gasteiger partial charge on any atom is 0.196 e. The zero-order valence-corrected chi connectivity index (χ0v) is 8.11. The number of ketones is 1. The van der Waals surface area contributed by atoms with Gasteiger partial charge >= 0.3 is 0 Å². The van der Waals surface area contributed by atoms with Gasteiger partial charge in [-0.25, -0.2) is 4.39 Å². The smallest absolute Gasteiger partial charge is 0.196 e. The van der Waals surface area contributed by atoms with Crippen molar-refractivity contribution in [2.24, 2.45) is 0 Å². The van der Waals surface area contributed by atoms with E-state index in [4.69, 9.17) is 9.47 Å². The largest absolute Gasteiger partial charge is 0.376 e. The molecule has 0 amide bonds. The van der Waals surface area contributed by atoms with Gasteiger partial charge in [-0.15, -0.1) is 0 Å². The van der Waals surface area contributed by atoms with Crippen LogP contribution in [0.15, 0.2) is 24.3 Å². The molecule has 80 valence electrons. The zero-order valence-electron chi connectivity index (χ0n) is 8.11. The fraction of sp³-hybridized carbons (Fsp3) is 0.364. The zero-order chi connectivity index (χ0) is 10.7. The molecule has 0 saturated carbocycles. The molecule has 3 nitrogen and oxygen atoms in total. The van der Waals surface area contributed by atoms with E-state index in [0.29, 0.717) is 13.2 Å². The van der Waals surface area contributed by atoms with Gasteiger partial charge in [-0.2, -0.15) is 0 Å². The fourth-order valence-corrected chi connectivity index (χ4v) is 1.47. The first kappa shape index (κ1) is 10.3. The third-order valence-corrected chi connectivity index (χ3v) is 2.25. The highest BCUT2D eigenvalue weighted by atomic mass is 19.1. The number of benzene rings is 1. The van der Waals surface area contributed by atoms with Gasteiger partial charge < -0.3 is 9.47 Å². The summed E-state index contributed by atoms with van der Waals surface area (Å²) >= 11 is 0. The molecule has 0 spiro atoms. The summed E-state index contributed by atoms with van der Waals surface area (Å²) < 4.78 is 23.6. The van der Waals surface area contributed by atoms with Gasteiger partial charge in [0.25, 0.3) is 0 Å². The molecule has 1 saturated heterocycles. The van der Waals surface area contributed by atoms with Crippen molar-refractivity contribution in [1.29, 1.82) is 0 Å². The Labute approximate surface area is 86.8 Å². The fourth-order valence-electron chi connectivity index (χ4n) is 1.47. The quantitative estimate of drug-likeness (QED) is 0.692. The molecule has 1 aliphatic heterocycles. The van der Waals surface area contributed by atoms with E-state index in [0.717, 1.165) is 0 Å². The van der Waals surface area contributed by atoms with Gasteiger partial charge in [0.05, 0.1) is 25.4 Å². The van der Waals surface area contributed by atoms with Gasteiger partial charge in [0, 0.05) is 0 Å². The van der Waals surface area contributed by atoms with Gasteiger partial charge in [-0.3, -0.25) is 4.79 Å². The van der Waals surface area contributed by atoms with E-state index in [1.807, 2.05) is 0 Å². The average molecular weight is 210 g/mol. The molecule has 0 radical (unpaired) electrons. The number of carbonyl (C=O) groups is 1. The topological polar surface area (TPSA) is 35.5 Å². The normalized spacial score (nSPS) is 21.3. The van der Waals surface area contributed by atoms with E-state index in [2.05, 4.69) is 0 Å². The van der Waals surface area contributed by atoms with Crippen LogP contribution in [0.2, 0.25) is 0 Å². The van der Waals surface area contributed by atoms with Crippen LogP contribution in [0.1, 0.15) is 10.4 Å². The van der Waals surface area contributed by atoms with Crippen LogP contribution in [0.25, 0.3) is 0 Å². The molecule has 1 aliphatic rings. The number of hydrogen-bond acceptors (Lipinski definition) is 3. The van der Waals surface area contributed by atoms with Crippen LogP contribution in [-0.2, 0) is 9.47 Å². The summed E-state index contributed by atoms with van der Waals surface area (Å²) in [6.07, 6.45) is -0.671. The highest BCUT2D eigenvalue weighted by Crippen LogP contribution is 2.13. The number of rotatable bonds is 2. The van der Waals surface area contributed by atoms with E-state index in [1.54, 1.807) is 12.1 Å². The predicted molar refractivity (Wildman–Crippen MR) is 51.3 cm³/mol. The van der Waals surface area contributed by atoms with Crippen molar-refractivity contribution >= 4 is 5.78 Å². The molecule has 2 rings (SSSR count). The summed E-state index contributed by atoms with van der Waals surface area (Å²) in [4.78, 5) is 11.8. The number of halogens is 1. The minimum atomic E-state index is -0.671. The predicted octanol–water partition coefficient (Wildman–Crippen LogP) is 1.42. The molecule has 1 aromatic rings. The molecule has 0 N–H and O–H groups in total. The lowest BCUT2D eigenvalue weighted by molar-refractivity contribution is -0.0720. The van der Waals surface area contributed by atoms with E-state index >= 15 is 0 Å². The van der Waals surface area contributed by atoms with Crippen molar-refractivity contribution in [3.63, 3.8) is 0 Å². The summed E-state index contributed by atoms with van der Waals surface area (Å²) in [6.45, 7) is 1.07. The molecule has 0 aromatic heterocycles. The monoisotopic (exact) mass is 210 g/mol. The first-order chi connectivity index (χ1) is 7.29. The van der Waals surface area contributed by atoms with Crippen molar-refractivity contribution in [2.45, 2.75) is 6.10 Å². The summed E-state index contributed by atoms with van der Waals surface area (Å²) in [7, 11) is 0. The van der Waals surface area contributed by atoms with E-state index in [9.17, 15) is 9.18 Å². The first-order valence-corrected chi connectivity index (χ1v) is 4.77. The molecule has 1 aromatic carbocycles. The van der Waals surface area contributed by atoms with Gasteiger partial charge in [0.1, 0.15) is 11.9 Å². The van der Waals surface area contributed by atoms with Gasteiger partial charge in [-0.1, -0.05) is 12.1 Å². The summed E-state index contributed by atoms with van der Waals surface area (Å²) in [5.74, 6) is -0.871. The average Bonchev–Trinajstić information content (AvgIpc) is 2.30. The minimum Gasteiger partial charge on any atom is -0.376 e. The lowest BCUT2D eigenvalue weighted by Crippen LogP contribution is -2.35. The summed E-state index contributed by atoms with van der Waals surface area (Å²) in [5.41, 5.74) is 0.0630. The molecular formula is C11H11FO3. The molecule has 1 fully saturated rings. The maximum atomic E-state index is 13.3. The highest BCUT2D eigenvalue weighted by molar-refractivity contribution is 5.99. The molecular weight excluding hydrogens is 199 g/mol. The van der Waals surface area contributed by atoms with Gasteiger partial charge in [0.2, 0.25) is 0 Å². The molecule has 1 atom stereocenters. The Bertz CT molecular complexity index is 359. The number of hydrogen-bond donors (Lipinski definition) is 0. The number of ether oxygens (including phenoxy) is 2. The van der Waals surface area contributed by atoms with Gasteiger partial charge in [-0.05, 0) is 12.1 Å². The third kappa shape index (κ3) is 2.22. The Kier molecular flexibility index (Phi) is 3.08. The lowest BCUT2D eigenvalue weighted by Gasteiger charge is -2.21. The third-order valence-electron chi connectivity index (χ3n) is 2.25. The standard InChI is InChI=1S/C11H11FO3/c12-9-4-2-1-3-8(9)11(13)10-7-14-5-6-15-10/h1-4,10H,5-7H2. The van der Waals surface area contributed by atoms with E-state index in [-0.39, 0.29) is 18.0 Å². The van der Waals surface area contributed by atoms with Crippen LogP contribution in [0.4, 0.5) is 4.39 Å². The minimum absolute atomic E-state index is 0.0630. The van der Waals surface area contributed by atoms with E-state index in [1.165, 1.54) is 12.1 Å². The molecule has 1 unspecified atom stereocenters. The second-order valence-corrected chi connectivity index (χ2v) is 3.28. The second kappa shape index (κ2) is 4.51. The first-order valence-electron chi connectivity index (χ1n) is 4.77. The molecule has 0 aliphatic carbocycles. The molecule has 15 heavy (non-hydrogen) atoms. The highest BCUT2D eigenvalue weighted by Gasteiger charge is 2.25. The molecule has 4 heteroatoms. The SMILES string of the molecule is O=C(c1ccccc1F)C1COCCO1. The maximum absolute atomic E-state index is 13.3. The lowest BCUT2D eigenvalue weighted by atomic mass is 10.1. The van der Waals surface area contributed by atoms with Crippen LogP contribution in [0, 0.1) is 5.82 Å². The van der Waals surface area contributed by atoms with Crippen LogP contribution < -0.4 is 0 Å². The molecule has 1 heterocycles. The van der Waals surface area contributed by atoms with Crippen molar-refractivity contribution in [2.75, 3.05) is 19.8 Å². The Balaban J connectivity index is 2.16. The van der Waals surface area contributed by atoms with Crippen LogP contribution >= 0.6 is 0 Å². The Hall–Kier alpha value is -1.26. The van der Waals surface area contributed by atoms with Crippen molar-refractivity contribution < 1.29 is 18.7 Å². The number of Topliss-reactive ketones (excluding diaryl/α,β-unsaturated/α-hetero) is 1. The van der Waals surface area contributed by atoms with Crippen LogP contribution in [-0.4, -0.2) is 31.7 Å². The second-order valence-electron chi connectivity index (χ2n) is 3.28. The van der Waals surface area contributed by atoms with Crippen molar-refractivity contribution in [3.8, 4) is 0 Å². The van der Waals surface area contributed by atoms with Gasteiger partial charge in [0.15, 0.2) is 5.78 Å². The van der Waals surface area contributed by atoms with Crippen molar-refractivity contribution in [3.05, 3.63) is 35.6 Å². The van der Waals surface area contributed by atoms with Crippen LogP contribution in [0.5, 0.6) is 0 Å². The Morgan fingerprint density at radius 1 is 1.33 bits per heavy atom. The van der Waals surface area contributed by atoms with Crippen molar-refractivity contribution in [1.82, 2.24) is 0 Å². The molecule has 0 bridgehead atoms. The van der Waals surface area contributed by atoms with E-state index < -0.39 is 11.9 Å². The Morgan fingerprint density at radius 3 is 2.80 bits per heavy atom. The summed E-state index contributed by atoms with van der Waals surface area (Å²) in [6, 6.07) is 5.89. The summed E-state index contributed by atoms with van der Waals surface area (Å²) in [5, 5.41) is 0. The Morgan fingerprint density at radius 2 is 2.13 bits per heavy atom. The number of carbonyl (C=O) groups excluding carboxylic acids is 1. The van der Waals surface area contributed by atoms with Crippen LogP contribution in [0.3, 0.4) is 0 Å².